The van der Waals surface area contributed by atoms with E-state index in [2.05, 4.69) is 13.2 Å². The number of hydrogen-bond donors (Lipinski definition) is 1. The van der Waals surface area contributed by atoms with Crippen molar-refractivity contribution < 1.29 is 14.6 Å². The molecule has 0 aliphatic rings. The molecule has 0 rings (SSSR count). The second-order valence-corrected chi connectivity index (χ2v) is 4.57. The second-order valence-electron chi connectivity index (χ2n) is 4.57. The third kappa shape index (κ3) is 9.06. The van der Waals surface area contributed by atoms with Crippen LogP contribution in [0, 0.1) is 0 Å². The molecule has 86 valence electrons. The number of carboxylic acid groups (broad SMARTS) is 1. The van der Waals surface area contributed by atoms with E-state index in [9.17, 15) is 4.79 Å². The van der Waals surface area contributed by atoms with Gasteiger partial charge in [-0.1, -0.05) is 18.7 Å². The number of aliphatic carboxylic acids is 1. The average Bonchev–Trinajstić information content (AvgIpc) is 1.96. The minimum atomic E-state index is -0.807. The third-order valence-electron chi connectivity index (χ3n) is 1.59. The van der Waals surface area contributed by atoms with Gasteiger partial charge in [-0.25, -0.2) is 0 Å². The fourth-order valence-electron chi connectivity index (χ4n) is 1.12. The summed E-state index contributed by atoms with van der Waals surface area (Å²) in [6.07, 6.45) is 1.12. The Hall–Kier alpha value is -1.25. The first-order chi connectivity index (χ1) is 6.70. The smallest absolute Gasteiger partial charge is 0.303 e. The molecule has 0 aromatic rings. The third-order valence-corrected chi connectivity index (χ3v) is 1.59. The molecule has 3 heteroatoms. The molecular weight excluding hydrogens is 192 g/mol. The molecule has 0 atom stereocenters. The first-order valence-corrected chi connectivity index (χ1v) is 4.96. The average molecular weight is 212 g/mol. The Morgan fingerprint density at radius 2 is 1.80 bits per heavy atom. The highest BCUT2D eigenvalue weighted by Crippen LogP contribution is 2.19. The van der Waals surface area contributed by atoms with Crippen molar-refractivity contribution in [2.45, 2.75) is 45.6 Å². The molecule has 0 spiro atoms. The zero-order valence-corrected chi connectivity index (χ0v) is 9.80. The summed E-state index contributed by atoms with van der Waals surface area (Å²) in [4.78, 5) is 10.3. The van der Waals surface area contributed by atoms with Crippen LogP contribution in [0.3, 0.4) is 0 Å². The molecule has 0 radical (unpaired) electrons. The molecule has 0 amide bonds. The summed E-state index contributed by atoms with van der Waals surface area (Å²) in [7, 11) is 0. The molecule has 0 unspecified atom stereocenters. The molecule has 3 nitrogen and oxygen atoms in total. The van der Waals surface area contributed by atoms with Crippen LogP contribution < -0.4 is 0 Å². The zero-order chi connectivity index (χ0) is 12.1. The van der Waals surface area contributed by atoms with E-state index in [0.29, 0.717) is 18.6 Å². The highest BCUT2D eigenvalue weighted by molar-refractivity contribution is 5.67. The Kier molecular flexibility index (Phi) is 5.12. The van der Waals surface area contributed by atoms with Crippen molar-refractivity contribution in [1.29, 1.82) is 0 Å². The Labute approximate surface area is 91.4 Å². The number of ether oxygens (including phenoxy) is 1. The molecule has 0 fully saturated rings. The summed E-state index contributed by atoms with van der Waals surface area (Å²) < 4.78 is 5.51. The van der Waals surface area contributed by atoms with E-state index < -0.39 is 5.97 Å². The lowest BCUT2D eigenvalue weighted by atomic mass is 10.1. The maximum Gasteiger partial charge on any atom is 0.303 e. The predicted octanol–water partition coefficient (Wildman–Crippen LogP) is 3.13. The van der Waals surface area contributed by atoms with Crippen molar-refractivity contribution in [3.8, 4) is 0 Å². The molecule has 0 aromatic carbocycles. The van der Waals surface area contributed by atoms with Gasteiger partial charge in [0.05, 0.1) is 5.76 Å². The number of rotatable bonds is 6. The Balaban J connectivity index is 3.87. The molecule has 0 saturated carbocycles. The van der Waals surface area contributed by atoms with E-state index >= 15 is 0 Å². The second kappa shape index (κ2) is 5.59. The van der Waals surface area contributed by atoms with Gasteiger partial charge in [0.2, 0.25) is 0 Å². The van der Waals surface area contributed by atoms with Crippen LogP contribution in [0.5, 0.6) is 0 Å². The van der Waals surface area contributed by atoms with E-state index in [1.54, 1.807) is 0 Å². The molecule has 0 aromatic heterocycles. The van der Waals surface area contributed by atoms with Crippen LogP contribution in [0.2, 0.25) is 0 Å². The summed E-state index contributed by atoms with van der Waals surface area (Å²) in [5.74, 6) is -0.170. The summed E-state index contributed by atoms with van der Waals surface area (Å²) >= 11 is 0. The molecular formula is C12H20O3. The van der Waals surface area contributed by atoms with Crippen LogP contribution in [0.25, 0.3) is 0 Å². The largest absolute Gasteiger partial charge is 0.493 e. The van der Waals surface area contributed by atoms with Crippen molar-refractivity contribution in [2.75, 3.05) is 0 Å². The van der Waals surface area contributed by atoms with Crippen LogP contribution in [0.15, 0.2) is 24.5 Å². The van der Waals surface area contributed by atoms with Gasteiger partial charge in [-0.05, 0) is 27.2 Å². The highest BCUT2D eigenvalue weighted by Gasteiger charge is 2.13. The number of hydrogen-bond acceptors (Lipinski definition) is 2. The topological polar surface area (TPSA) is 46.5 Å². The van der Waals surface area contributed by atoms with E-state index in [-0.39, 0.29) is 12.0 Å². The van der Waals surface area contributed by atoms with Gasteiger partial charge in [0.25, 0.3) is 0 Å². The maximum atomic E-state index is 10.3. The van der Waals surface area contributed by atoms with Crippen LogP contribution in [0.1, 0.15) is 40.0 Å². The van der Waals surface area contributed by atoms with Crippen LogP contribution in [0.4, 0.5) is 0 Å². The quantitative estimate of drug-likeness (QED) is 0.543. The van der Waals surface area contributed by atoms with Crippen molar-refractivity contribution in [3.63, 3.8) is 0 Å². The van der Waals surface area contributed by atoms with Gasteiger partial charge < -0.3 is 9.84 Å². The Bertz CT molecular complexity index is 259. The fraction of sp³-hybridized carbons (Fsp3) is 0.583. The van der Waals surface area contributed by atoms with E-state index in [1.807, 2.05) is 20.8 Å². The van der Waals surface area contributed by atoms with Gasteiger partial charge in [-0.2, -0.15) is 0 Å². The molecule has 0 bridgehead atoms. The molecule has 1 N–H and O–H groups in total. The highest BCUT2D eigenvalue weighted by atomic mass is 16.5. The van der Waals surface area contributed by atoms with E-state index in [1.165, 1.54) is 0 Å². The lowest BCUT2D eigenvalue weighted by Gasteiger charge is -2.23. The van der Waals surface area contributed by atoms with E-state index in [0.717, 1.165) is 5.57 Å². The lowest BCUT2D eigenvalue weighted by Crippen LogP contribution is -2.18. The van der Waals surface area contributed by atoms with E-state index in [4.69, 9.17) is 9.84 Å². The number of allylic oxidation sites excluding steroid dienone is 1. The van der Waals surface area contributed by atoms with Crippen molar-refractivity contribution in [3.05, 3.63) is 24.5 Å². The van der Waals surface area contributed by atoms with Gasteiger partial charge in [-0.3, -0.25) is 4.79 Å². The molecule has 0 heterocycles. The standard InChI is InChI=1S/C12H20O3/c1-9(6-7-11(13)14)8-10(2)15-12(3,4)5/h1-2,6-8H2,3-5H3,(H,13,14). The van der Waals surface area contributed by atoms with Gasteiger partial charge in [-0.15, -0.1) is 0 Å². The first-order valence-electron chi connectivity index (χ1n) is 4.96. The molecule has 0 aliphatic carbocycles. The molecule has 0 saturated heterocycles. The van der Waals surface area contributed by atoms with Crippen LogP contribution >= 0.6 is 0 Å². The van der Waals surface area contributed by atoms with Gasteiger partial charge in [0.1, 0.15) is 5.60 Å². The SMILES string of the molecule is C=C(CCC(=O)O)CC(=C)OC(C)(C)C. The fourth-order valence-corrected chi connectivity index (χ4v) is 1.12. The normalized spacial score (nSPS) is 10.9. The molecule has 0 aliphatic heterocycles. The maximum absolute atomic E-state index is 10.3. The Morgan fingerprint density at radius 3 is 2.20 bits per heavy atom. The summed E-state index contributed by atoms with van der Waals surface area (Å²) in [5.41, 5.74) is 0.580. The van der Waals surface area contributed by atoms with Gasteiger partial charge in [0.15, 0.2) is 0 Å². The number of carboxylic acids is 1. The number of carbonyl (C=O) groups is 1. The van der Waals surface area contributed by atoms with Crippen molar-refractivity contribution in [1.82, 2.24) is 0 Å². The first kappa shape index (κ1) is 13.8. The summed E-state index contributed by atoms with van der Waals surface area (Å²) in [6.45, 7) is 13.4. The minimum absolute atomic E-state index is 0.113. The summed E-state index contributed by atoms with van der Waals surface area (Å²) in [6, 6.07) is 0. The predicted molar refractivity (Wildman–Crippen MR) is 60.6 cm³/mol. The van der Waals surface area contributed by atoms with Crippen LogP contribution in [-0.2, 0) is 9.53 Å². The van der Waals surface area contributed by atoms with Gasteiger partial charge >= 0.3 is 5.97 Å². The zero-order valence-electron chi connectivity index (χ0n) is 9.80. The minimum Gasteiger partial charge on any atom is -0.493 e. The van der Waals surface area contributed by atoms with Crippen LogP contribution in [-0.4, -0.2) is 16.7 Å². The van der Waals surface area contributed by atoms with Crippen molar-refractivity contribution >= 4 is 5.97 Å². The Morgan fingerprint density at radius 1 is 1.27 bits per heavy atom. The molecule has 15 heavy (non-hydrogen) atoms. The lowest BCUT2D eigenvalue weighted by molar-refractivity contribution is -0.136. The monoisotopic (exact) mass is 212 g/mol. The summed E-state index contributed by atoms with van der Waals surface area (Å²) in [5, 5.41) is 8.49. The van der Waals surface area contributed by atoms with Crippen molar-refractivity contribution in [2.24, 2.45) is 0 Å². The van der Waals surface area contributed by atoms with Gasteiger partial charge in [0, 0.05) is 12.8 Å².